The zero-order valence-electron chi connectivity index (χ0n) is 17.8. The van der Waals surface area contributed by atoms with E-state index in [4.69, 9.17) is 32.7 Å². The van der Waals surface area contributed by atoms with E-state index in [9.17, 15) is 9.59 Å². The molecule has 0 aromatic heterocycles. The van der Waals surface area contributed by atoms with Crippen LogP contribution in [0, 0.1) is 11.8 Å². The fraction of sp³-hybridized carbons (Fsp3) is 0.231. The van der Waals surface area contributed by atoms with Gasteiger partial charge in [0.1, 0.15) is 21.2 Å². The van der Waals surface area contributed by atoms with Crippen LogP contribution in [-0.2, 0) is 19.3 Å². The molecule has 4 aliphatic rings. The first kappa shape index (κ1) is 20.6. The van der Waals surface area contributed by atoms with Crippen LogP contribution in [0.1, 0.15) is 22.3 Å². The second-order valence-corrected chi connectivity index (χ2v) is 9.71. The van der Waals surface area contributed by atoms with Crippen LogP contribution in [-0.4, -0.2) is 26.0 Å². The molecule has 3 aliphatic carbocycles. The lowest BCUT2D eigenvalue weighted by atomic mass is 9.54. The van der Waals surface area contributed by atoms with Crippen LogP contribution < -0.4 is 14.4 Å². The zero-order valence-corrected chi connectivity index (χ0v) is 19.4. The minimum atomic E-state index is -1.22. The molecular formula is C26H19Cl2NO4. The summed E-state index contributed by atoms with van der Waals surface area (Å²) in [5, 5.41) is 0. The van der Waals surface area contributed by atoms with Crippen LogP contribution in [0.3, 0.4) is 0 Å². The second kappa shape index (κ2) is 6.75. The van der Waals surface area contributed by atoms with E-state index in [2.05, 4.69) is 0 Å². The summed E-state index contributed by atoms with van der Waals surface area (Å²) in [5.74, 6) is -1.67. The van der Waals surface area contributed by atoms with Gasteiger partial charge >= 0.3 is 0 Å². The second-order valence-electron chi connectivity index (χ2n) is 8.52. The van der Waals surface area contributed by atoms with Gasteiger partial charge in [0.05, 0.1) is 31.7 Å². The Kier molecular flexibility index (Phi) is 4.21. The molecule has 33 heavy (non-hydrogen) atoms. The number of imide groups is 1. The third kappa shape index (κ3) is 2.29. The van der Waals surface area contributed by atoms with Crippen molar-refractivity contribution in [3.8, 4) is 11.5 Å². The number of methoxy groups -OCH3 is 2. The van der Waals surface area contributed by atoms with Crippen molar-refractivity contribution in [2.45, 2.75) is 9.75 Å². The van der Waals surface area contributed by atoms with Gasteiger partial charge in [-0.1, -0.05) is 48.5 Å². The third-order valence-corrected chi connectivity index (χ3v) is 8.50. The standard InChI is InChI=1S/C26H19Cl2NO4/c1-32-14-11-12-20(33-2)19(13-14)29-23(30)21-22(24(29)31)26(28)16-8-4-3-7-15(16)25(21,27)17-9-5-6-10-18(17)26/h3-13,21-22H,1-2H3/t21-,22+,25?,26?. The molecule has 3 aromatic carbocycles. The summed E-state index contributed by atoms with van der Waals surface area (Å²) in [6, 6.07) is 20.1. The highest BCUT2D eigenvalue weighted by atomic mass is 35.5. The average Bonchev–Trinajstić information content (AvgIpc) is 3.13. The summed E-state index contributed by atoms with van der Waals surface area (Å²) < 4.78 is 10.8. The van der Waals surface area contributed by atoms with Gasteiger partial charge in [-0.3, -0.25) is 9.59 Å². The average molecular weight is 480 g/mol. The highest BCUT2D eigenvalue weighted by molar-refractivity contribution is 6.38. The van der Waals surface area contributed by atoms with Crippen LogP contribution >= 0.6 is 23.2 Å². The lowest BCUT2D eigenvalue weighted by Crippen LogP contribution is -2.57. The van der Waals surface area contributed by atoms with Crippen molar-refractivity contribution in [2.75, 3.05) is 19.1 Å². The van der Waals surface area contributed by atoms with Gasteiger partial charge in [-0.2, -0.15) is 0 Å². The first-order chi connectivity index (χ1) is 15.9. The molecule has 1 saturated heterocycles. The van der Waals surface area contributed by atoms with E-state index in [1.165, 1.54) is 19.1 Å². The number of amides is 2. The molecule has 1 aliphatic heterocycles. The van der Waals surface area contributed by atoms with Crippen LogP contribution in [0.2, 0.25) is 0 Å². The van der Waals surface area contributed by atoms with E-state index in [1.807, 2.05) is 48.5 Å². The van der Waals surface area contributed by atoms with Crippen molar-refractivity contribution in [1.82, 2.24) is 0 Å². The van der Waals surface area contributed by atoms with Gasteiger partial charge in [0.25, 0.3) is 0 Å². The Morgan fingerprint density at radius 3 is 1.58 bits per heavy atom. The highest BCUT2D eigenvalue weighted by Gasteiger charge is 2.73. The maximum Gasteiger partial charge on any atom is 0.240 e. The molecule has 2 atom stereocenters. The molecular weight excluding hydrogens is 461 g/mol. The molecule has 7 heteroatoms. The van der Waals surface area contributed by atoms with Gasteiger partial charge in [-0.05, 0) is 34.4 Å². The predicted molar refractivity (Wildman–Crippen MR) is 125 cm³/mol. The molecule has 5 nitrogen and oxygen atoms in total. The van der Waals surface area contributed by atoms with Crippen LogP contribution in [0.25, 0.3) is 0 Å². The van der Waals surface area contributed by atoms with Gasteiger partial charge in [0, 0.05) is 6.07 Å². The predicted octanol–water partition coefficient (Wildman–Crippen LogP) is 4.80. The van der Waals surface area contributed by atoms with E-state index < -0.39 is 33.4 Å². The normalized spacial score (nSPS) is 28.9. The lowest BCUT2D eigenvalue weighted by Gasteiger charge is -2.54. The van der Waals surface area contributed by atoms with Crippen molar-refractivity contribution in [3.63, 3.8) is 0 Å². The van der Waals surface area contributed by atoms with Gasteiger partial charge in [-0.25, -0.2) is 4.90 Å². The monoisotopic (exact) mass is 479 g/mol. The number of ether oxygens (including phenoxy) is 2. The van der Waals surface area contributed by atoms with Crippen molar-refractivity contribution >= 4 is 40.7 Å². The van der Waals surface area contributed by atoms with E-state index >= 15 is 0 Å². The molecule has 0 unspecified atom stereocenters. The number of carbonyl (C=O) groups is 2. The minimum absolute atomic E-state index is 0.314. The number of nitrogens with zero attached hydrogens (tertiary/aromatic N) is 1. The van der Waals surface area contributed by atoms with Crippen molar-refractivity contribution in [2.24, 2.45) is 11.8 Å². The number of alkyl halides is 2. The fourth-order valence-corrected chi connectivity index (χ4v) is 6.97. The number of carbonyl (C=O) groups excluding carboxylic acids is 2. The largest absolute Gasteiger partial charge is 0.497 e. The third-order valence-electron chi connectivity index (χ3n) is 7.21. The topological polar surface area (TPSA) is 55.8 Å². The number of anilines is 1. The molecule has 2 bridgehead atoms. The smallest absolute Gasteiger partial charge is 0.240 e. The van der Waals surface area contributed by atoms with Gasteiger partial charge < -0.3 is 9.47 Å². The number of halogens is 2. The van der Waals surface area contributed by atoms with Crippen LogP contribution in [0.4, 0.5) is 5.69 Å². The molecule has 0 saturated carbocycles. The summed E-state index contributed by atoms with van der Waals surface area (Å²) in [4.78, 5) is 26.8. The fourth-order valence-electron chi connectivity index (χ4n) is 5.88. The Balaban J connectivity index is 1.64. The van der Waals surface area contributed by atoms with Crippen LogP contribution in [0.15, 0.2) is 66.7 Å². The molecule has 3 aromatic rings. The molecule has 1 fully saturated rings. The van der Waals surface area contributed by atoms with Crippen molar-refractivity contribution in [1.29, 1.82) is 0 Å². The number of hydrogen-bond acceptors (Lipinski definition) is 4. The summed E-state index contributed by atoms with van der Waals surface area (Å²) in [5.41, 5.74) is 3.38. The molecule has 7 rings (SSSR count). The van der Waals surface area contributed by atoms with Crippen molar-refractivity contribution < 1.29 is 19.1 Å². The number of benzene rings is 3. The summed E-state index contributed by atoms with van der Waals surface area (Å²) in [6.45, 7) is 0. The van der Waals surface area contributed by atoms with E-state index in [0.29, 0.717) is 17.2 Å². The Morgan fingerprint density at radius 2 is 1.18 bits per heavy atom. The SMILES string of the molecule is COc1ccc(OC)c(N2C(=O)[C@@H]3[C@H](C2=O)C2(Cl)c4ccccc4C3(Cl)c3ccccc32)c1. The summed E-state index contributed by atoms with van der Waals surface area (Å²) in [6.07, 6.45) is 0. The Hall–Kier alpha value is -3.02. The molecule has 0 spiro atoms. The first-order valence-electron chi connectivity index (χ1n) is 10.6. The molecule has 0 radical (unpaired) electrons. The lowest BCUT2D eigenvalue weighted by molar-refractivity contribution is -0.122. The molecule has 1 heterocycles. The quantitative estimate of drug-likeness (QED) is 0.399. The van der Waals surface area contributed by atoms with Crippen LogP contribution in [0.5, 0.6) is 11.5 Å². The number of hydrogen-bond donors (Lipinski definition) is 0. The van der Waals surface area contributed by atoms with E-state index in [1.54, 1.807) is 18.2 Å². The first-order valence-corrected chi connectivity index (χ1v) is 11.3. The summed E-state index contributed by atoms with van der Waals surface area (Å²) in [7, 11) is 3.01. The molecule has 166 valence electrons. The Bertz CT molecular complexity index is 1230. The summed E-state index contributed by atoms with van der Waals surface area (Å²) >= 11 is 14.9. The molecule has 2 amide bonds. The maximum absolute atomic E-state index is 14.0. The van der Waals surface area contributed by atoms with E-state index in [-0.39, 0.29) is 0 Å². The zero-order chi connectivity index (χ0) is 23.1. The Morgan fingerprint density at radius 1 is 0.727 bits per heavy atom. The highest BCUT2D eigenvalue weighted by Crippen LogP contribution is 2.69. The maximum atomic E-state index is 14.0. The van der Waals surface area contributed by atoms with Crippen molar-refractivity contribution in [3.05, 3.63) is 89.0 Å². The Labute approximate surface area is 200 Å². The molecule has 0 N–H and O–H groups in total. The van der Waals surface area contributed by atoms with Gasteiger partial charge in [0.15, 0.2) is 0 Å². The van der Waals surface area contributed by atoms with E-state index in [0.717, 1.165) is 22.3 Å². The number of rotatable bonds is 3. The minimum Gasteiger partial charge on any atom is -0.497 e. The van der Waals surface area contributed by atoms with Gasteiger partial charge in [0.2, 0.25) is 11.8 Å². The van der Waals surface area contributed by atoms with Gasteiger partial charge in [-0.15, -0.1) is 23.2 Å².